The van der Waals surface area contributed by atoms with E-state index in [9.17, 15) is 9.59 Å². The molecule has 0 saturated carbocycles. The van der Waals surface area contributed by atoms with E-state index in [1.165, 1.54) is 0 Å². The van der Waals surface area contributed by atoms with Crippen molar-refractivity contribution in [2.24, 2.45) is 0 Å². The first-order chi connectivity index (χ1) is 14.3. The van der Waals surface area contributed by atoms with E-state index in [0.29, 0.717) is 22.1 Å². The van der Waals surface area contributed by atoms with Crippen molar-refractivity contribution in [2.45, 2.75) is 45.6 Å². The molecular weight excluding hydrogens is 400 g/mol. The number of hydrogen-bond donors (Lipinski definition) is 2. The van der Waals surface area contributed by atoms with Gasteiger partial charge in [0.25, 0.3) is 5.91 Å². The summed E-state index contributed by atoms with van der Waals surface area (Å²) in [4.78, 5) is 35.2. The highest BCUT2D eigenvalue weighted by atomic mass is 35.5. The quantitative estimate of drug-likeness (QED) is 0.625. The predicted octanol–water partition coefficient (Wildman–Crippen LogP) is 4.89. The lowest BCUT2D eigenvalue weighted by molar-refractivity contribution is -0.117. The van der Waals surface area contributed by atoms with E-state index < -0.39 is 5.92 Å². The summed E-state index contributed by atoms with van der Waals surface area (Å²) in [5.41, 5.74) is 3.76. The summed E-state index contributed by atoms with van der Waals surface area (Å²) < 4.78 is 0. The van der Waals surface area contributed by atoms with Crippen LogP contribution in [-0.4, -0.2) is 39.3 Å². The number of nitrogens with zero attached hydrogens (tertiary/aromatic N) is 2. The van der Waals surface area contributed by atoms with E-state index in [0.717, 1.165) is 36.0 Å². The van der Waals surface area contributed by atoms with Gasteiger partial charge in [-0.25, -0.2) is 4.98 Å². The molecule has 7 heteroatoms. The zero-order chi connectivity index (χ0) is 21.4. The van der Waals surface area contributed by atoms with Crippen LogP contribution in [0.5, 0.6) is 0 Å². The minimum atomic E-state index is -0.469. The van der Waals surface area contributed by atoms with Crippen molar-refractivity contribution >= 4 is 40.1 Å². The number of carbonyl (C=O) groups is 2. The van der Waals surface area contributed by atoms with Crippen LogP contribution in [0.1, 0.15) is 54.4 Å². The van der Waals surface area contributed by atoms with Crippen LogP contribution >= 0.6 is 11.6 Å². The fraction of sp³-hybridized carbons (Fsp3) is 0.348. The van der Waals surface area contributed by atoms with Crippen LogP contribution in [0.3, 0.4) is 0 Å². The highest BCUT2D eigenvalue weighted by Gasteiger charge is 2.27. The molecule has 1 saturated heterocycles. The minimum Gasteiger partial charge on any atom is -0.341 e. The summed E-state index contributed by atoms with van der Waals surface area (Å²) in [6, 6.07) is 11.1. The standard InChI is InChI=1S/C23H25ClN4O2/c1-13-11-17(7-8-18(13)23(30)28-10-4-5-14(28)2)25-22(29)15(3)21-26-19-9-6-16(24)12-20(19)27-21/h6-9,11-12,14-15H,4-5,10H2,1-3H3,(H,25,29)(H,26,27)/t14?,15-/m0/s1. The van der Waals surface area contributed by atoms with Gasteiger partial charge in [0.1, 0.15) is 5.82 Å². The summed E-state index contributed by atoms with van der Waals surface area (Å²) in [7, 11) is 0. The van der Waals surface area contributed by atoms with Gasteiger partial charge < -0.3 is 15.2 Å². The Balaban J connectivity index is 1.48. The van der Waals surface area contributed by atoms with Crippen molar-refractivity contribution in [3.8, 4) is 0 Å². The molecule has 4 rings (SSSR count). The van der Waals surface area contributed by atoms with Gasteiger partial charge in [-0.2, -0.15) is 0 Å². The molecule has 2 N–H and O–H groups in total. The van der Waals surface area contributed by atoms with Crippen LogP contribution in [0.15, 0.2) is 36.4 Å². The molecule has 0 spiro atoms. The fourth-order valence-electron chi connectivity index (χ4n) is 3.95. The van der Waals surface area contributed by atoms with Gasteiger partial charge in [-0.05, 0) is 75.6 Å². The second-order valence-corrected chi connectivity index (χ2v) is 8.45. The number of likely N-dealkylation sites (tertiary alicyclic amines) is 1. The number of aromatic nitrogens is 2. The van der Waals surface area contributed by atoms with Gasteiger partial charge in [0.15, 0.2) is 0 Å². The molecule has 3 aromatic rings. The molecule has 156 valence electrons. The van der Waals surface area contributed by atoms with Crippen LogP contribution in [0.4, 0.5) is 5.69 Å². The number of benzene rings is 2. The zero-order valence-electron chi connectivity index (χ0n) is 17.3. The maximum atomic E-state index is 12.8. The topological polar surface area (TPSA) is 78.1 Å². The second kappa shape index (κ2) is 8.11. The lowest BCUT2D eigenvalue weighted by Gasteiger charge is -2.22. The third kappa shape index (κ3) is 3.92. The highest BCUT2D eigenvalue weighted by molar-refractivity contribution is 6.31. The number of carbonyl (C=O) groups excluding carboxylic acids is 2. The van der Waals surface area contributed by atoms with E-state index in [2.05, 4.69) is 22.2 Å². The first-order valence-electron chi connectivity index (χ1n) is 10.2. The third-order valence-electron chi connectivity index (χ3n) is 5.80. The minimum absolute atomic E-state index is 0.0599. The molecular formula is C23H25ClN4O2. The smallest absolute Gasteiger partial charge is 0.254 e. The zero-order valence-corrected chi connectivity index (χ0v) is 18.1. The number of hydrogen-bond acceptors (Lipinski definition) is 3. The van der Waals surface area contributed by atoms with E-state index >= 15 is 0 Å². The van der Waals surface area contributed by atoms with Crippen LogP contribution in [0, 0.1) is 6.92 Å². The SMILES string of the molecule is Cc1cc(NC(=O)[C@@H](C)c2nc3ccc(Cl)cc3[nH]2)ccc1C(=O)N1CCCC1C. The Morgan fingerprint density at radius 2 is 2.07 bits per heavy atom. The number of H-pyrrole nitrogens is 1. The first kappa shape index (κ1) is 20.4. The average molecular weight is 425 g/mol. The van der Waals surface area contributed by atoms with Crippen LogP contribution < -0.4 is 5.32 Å². The van der Waals surface area contributed by atoms with Crippen molar-refractivity contribution in [1.29, 1.82) is 0 Å². The maximum absolute atomic E-state index is 12.8. The Morgan fingerprint density at radius 1 is 1.27 bits per heavy atom. The Bertz CT molecular complexity index is 1120. The van der Waals surface area contributed by atoms with Gasteiger partial charge in [-0.1, -0.05) is 11.6 Å². The van der Waals surface area contributed by atoms with Gasteiger partial charge in [0.2, 0.25) is 5.91 Å². The van der Waals surface area contributed by atoms with Crippen LogP contribution in [-0.2, 0) is 4.79 Å². The Morgan fingerprint density at radius 3 is 2.77 bits per heavy atom. The highest BCUT2D eigenvalue weighted by Crippen LogP contribution is 2.25. The van der Waals surface area contributed by atoms with Crippen molar-refractivity contribution < 1.29 is 9.59 Å². The van der Waals surface area contributed by atoms with E-state index in [4.69, 9.17) is 11.6 Å². The summed E-state index contributed by atoms with van der Waals surface area (Å²) >= 11 is 6.02. The normalized spacial score (nSPS) is 17.3. The van der Waals surface area contributed by atoms with E-state index in [-0.39, 0.29) is 17.9 Å². The van der Waals surface area contributed by atoms with E-state index in [1.807, 2.05) is 24.0 Å². The molecule has 1 aliphatic heterocycles. The molecule has 2 atom stereocenters. The monoisotopic (exact) mass is 424 g/mol. The molecule has 2 aromatic carbocycles. The first-order valence-corrected chi connectivity index (χ1v) is 10.6. The molecule has 30 heavy (non-hydrogen) atoms. The second-order valence-electron chi connectivity index (χ2n) is 8.01. The molecule has 0 radical (unpaired) electrons. The van der Waals surface area contributed by atoms with Crippen molar-refractivity contribution in [1.82, 2.24) is 14.9 Å². The third-order valence-corrected chi connectivity index (χ3v) is 6.04. The van der Waals surface area contributed by atoms with Crippen molar-refractivity contribution in [3.63, 3.8) is 0 Å². The van der Waals surface area contributed by atoms with Gasteiger partial charge >= 0.3 is 0 Å². The van der Waals surface area contributed by atoms with Gasteiger partial charge in [-0.3, -0.25) is 9.59 Å². The van der Waals surface area contributed by atoms with Crippen molar-refractivity contribution in [3.05, 3.63) is 58.4 Å². The molecule has 1 unspecified atom stereocenters. The fourth-order valence-corrected chi connectivity index (χ4v) is 4.12. The lowest BCUT2D eigenvalue weighted by Crippen LogP contribution is -2.34. The van der Waals surface area contributed by atoms with E-state index in [1.54, 1.807) is 31.2 Å². The number of anilines is 1. The van der Waals surface area contributed by atoms with Gasteiger partial charge in [0, 0.05) is 28.9 Å². The van der Waals surface area contributed by atoms with Gasteiger partial charge in [-0.15, -0.1) is 0 Å². The molecule has 0 aliphatic carbocycles. The summed E-state index contributed by atoms with van der Waals surface area (Å²) in [5, 5.41) is 3.55. The number of aromatic amines is 1. The Hall–Kier alpha value is -2.86. The molecule has 6 nitrogen and oxygen atoms in total. The molecule has 1 aromatic heterocycles. The Labute approximate surface area is 180 Å². The summed E-state index contributed by atoms with van der Waals surface area (Å²) in [5.74, 6) is -0.00368. The predicted molar refractivity (Wildman–Crippen MR) is 119 cm³/mol. The van der Waals surface area contributed by atoms with Gasteiger partial charge in [0.05, 0.1) is 17.0 Å². The number of aryl methyl sites for hydroxylation is 1. The Kier molecular flexibility index (Phi) is 5.52. The largest absolute Gasteiger partial charge is 0.341 e. The summed E-state index contributed by atoms with van der Waals surface area (Å²) in [6.07, 6.45) is 2.09. The molecule has 0 bridgehead atoms. The number of imidazole rings is 1. The number of rotatable bonds is 4. The molecule has 1 fully saturated rings. The number of nitrogens with one attached hydrogen (secondary N) is 2. The molecule has 2 amide bonds. The summed E-state index contributed by atoms with van der Waals surface area (Å²) in [6.45, 7) is 6.59. The number of fused-ring (bicyclic) bond motifs is 1. The lowest BCUT2D eigenvalue weighted by atomic mass is 10.1. The number of amides is 2. The van der Waals surface area contributed by atoms with Crippen molar-refractivity contribution in [2.75, 3.05) is 11.9 Å². The van der Waals surface area contributed by atoms with Crippen LogP contribution in [0.25, 0.3) is 11.0 Å². The molecule has 2 heterocycles. The molecule has 1 aliphatic rings. The number of halogens is 1. The maximum Gasteiger partial charge on any atom is 0.254 e. The average Bonchev–Trinajstić information content (AvgIpc) is 3.32. The van der Waals surface area contributed by atoms with Crippen LogP contribution in [0.2, 0.25) is 5.02 Å².